The monoisotopic (exact) mass is 194 g/mol. The SMILES string of the molecule is O=C1CCC[C@H]1c1ccccc1Cl. The Hall–Kier alpha value is -0.820. The molecule has 0 bridgehead atoms. The maximum Gasteiger partial charge on any atom is 0.140 e. The van der Waals surface area contributed by atoms with Crippen LogP contribution in [0.5, 0.6) is 0 Å². The van der Waals surface area contributed by atoms with Gasteiger partial charge in [-0.2, -0.15) is 0 Å². The van der Waals surface area contributed by atoms with Gasteiger partial charge in [-0.05, 0) is 24.5 Å². The van der Waals surface area contributed by atoms with Crippen LogP contribution < -0.4 is 0 Å². The van der Waals surface area contributed by atoms with Crippen molar-refractivity contribution in [3.63, 3.8) is 0 Å². The van der Waals surface area contributed by atoms with E-state index in [-0.39, 0.29) is 5.92 Å². The van der Waals surface area contributed by atoms with E-state index in [0.29, 0.717) is 5.78 Å². The van der Waals surface area contributed by atoms with E-state index >= 15 is 0 Å². The van der Waals surface area contributed by atoms with Gasteiger partial charge in [-0.25, -0.2) is 0 Å². The Labute approximate surface area is 82.7 Å². The number of rotatable bonds is 1. The average Bonchev–Trinajstić information content (AvgIpc) is 2.52. The summed E-state index contributed by atoms with van der Waals surface area (Å²) >= 11 is 6.02. The third-order valence-electron chi connectivity index (χ3n) is 2.59. The van der Waals surface area contributed by atoms with E-state index in [0.717, 1.165) is 29.8 Å². The summed E-state index contributed by atoms with van der Waals surface area (Å²) in [4.78, 5) is 11.5. The molecule has 1 aliphatic rings. The number of hydrogen-bond acceptors (Lipinski definition) is 1. The topological polar surface area (TPSA) is 17.1 Å². The highest BCUT2D eigenvalue weighted by Crippen LogP contribution is 2.34. The smallest absolute Gasteiger partial charge is 0.140 e. The van der Waals surface area contributed by atoms with Gasteiger partial charge in [-0.1, -0.05) is 29.8 Å². The van der Waals surface area contributed by atoms with E-state index in [9.17, 15) is 4.79 Å². The van der Waals surface area contributed by atoms with Crippen molar-refractivity contribution in [1.82, 2.24) is 0 Å². The van der Waals surface area contributed by atoms with E-state index < -0.39 is 0 Å². The van der Waals surface area contributed by atoms with Crippen molar-refractivity contribution in [2.24, 2.45) is 0 Å². The molecular formula is C11H11ClO. The fourth-order valence-corrected chi connectivity index (χ4v) is 2.17. The zero-order chi connectivity index (χ0) is 9.26. The first-order valence-electron chi connectivity index (χ1n) is 4.56. The Morgan fingerprint density at radius 1 is 1.31 bits per heavy atom. The summed E-state index contributed by atoms with van der Waals surface area (Å²) in [5, 5.41) is 0.725. The summed E-state index contributed by atoms with van der Waals surface area (Å²) < 4.78 is 0. The van der Waals surface area contributed by atoms with Crippen LogP contribution in [-0.2, 0) is 4.79 Å². The molecule has 68 valence electrons. The summed E-state index contributed by atoms with van der Waals surface area (Å²) in [6.45, 7) is 0. The quantitative estimate of drug-likeness (QED) is 0.671. The van der Waals surface area contributed by atoms with Gasteiger partial charge in [-0.3, -0.25) is 4.79 Å². The molecule has 0 heterocycles. The van der Waals surface area contributed by atoms with Gasteiger partial charge in [0, 0.05) is 17.4 Å². The predicted octanol–water partition coefficient (Wildman–Crippen LogP) is 3.18. The van der Waals surface area contributed by atoms with Gasteiger partial charge in [0.1, 0.15) is 5.78 Å². The van der Waals surface area contributed by atoms with Gasteiger partial charge in [0.25, 0.3) is 0 Å². The molecule has 0 spiro atoms. The van der Waals surface area contributed by atoms with Crippen molar-refractivity contribution in [2.75, 3.05) is 0 Å². The zero-order valence-corrected chi connectivity index (χ0v) is 8.05. The highest BCUT2D eigenvalue weighted by Gasteiger charge is 2.27. The third kappa shape index (κ3) is 1.61. The first-order chi connectivity index (χ1) is 6.29. The number of halogens is 1. The normalized spacial score (nSPS) is 22.2. The van der Waals surface area contributed by atoms with Gasteiger partial charge in [0.15, 0.2) is 0 Å². The number of Topliss-reactive ketones (excluding diaryl/α,β-unsaturated/α-hetero) is 1. The Morgan fingerprint density at radius 3 is 2.69 bits per heavy atom. The van der Waals surface area contributed by atoms with Crippen LogP contribution in [0.15, 0.2) is 24.3 Å². The molecule has 0 radical (unpaired) electrons. The van der Waals surface area contributed by atoms with Crippen LogP contribution in [0.1, 0.15) is 30.7 Å². The molecule has 0 unspecified atom stereocenters. The molecule has 0 aliphatic heterocycles. The average molecular weight is 195 g/mol. The molecule has 0 N–H and O–H groups in total. The molecule has 1 aliphatic carbocycles. The minimum absolute atomic E-state index is 0.0636. The van der Waals surface area contributed by atoms with Crippen molar-refractivity contribution >= 4 is 17.4 Å². The fraction of sp³-hybridized carbons (Fsp3) is 0.364. The molecule has 0 aromatic heterocycles. The highest BCUT2D eigenvalue weighted by atomic mass is 35.5. The third-order valence-corrected chi connectivity index (χ3v) is 2.93. The van der Waals surface area contributed by atoms with Crippen LogP contribution in [0.2, 0.25) is 5.02 Å². The molecule has 1 nitrogen and oxygen atoms in total. The van der Waals surface area contributed by atoms with Crippen molar-refractivity contribution in [1.29, 1.82) is 0 Å². The maximum absolute atomic E-state index is 11.5. The number of ketones is 1. The number of carbonyl (C=O) groups is 1. The molecular weight excluding hydrogens is 184 g/mol. The number of hydrogen-bond donors (Lipinski definition) is 0. The summed E-state index contributed by atoms with van der Waals surface area (Å²) in [6.07, 6.45) is 2.69. The highest BCUT2D eigenvalue weighted by molar-refractivity contribution is 6.31. The Kier molecular flexibility index (Phi) is 2.36. The first-order valence-corrected chi connectivity index (χ1v) is 4.94. The summed E-state index contributed by atoms with van der Waals surface area (Å²) in [5.41, 5.74) is 1.01. The van der Waals surface area contributed by atoms with Crippen molar-refractivity contribution in [3.05, 3.63) is 34.9 Å². The molecule has 13 heavy (non-hydrogen) atoms. The van der Waals surface area contributed by atoms with E-state index in [4.69, 9.17) is 11.6 Å². The van der Waals surface area contributed by atoms with Crippen molar-refractivity contribution in [3.8, 4) is 0 Å². The second-order valence-corrected chi connectivity index (χ2v) is 3.84. The van der Waals surface area contributed by atoms with Crippen LogP contribution >= 0.6 is 11.6 Å². The predicted molar refractivity (Wildman–Crippen MR) is 53.1 cm³/mol. The van der Waals surface area contributed by atoms with E-state index in [1.165, 1.54) is 0 Å². The van der Waals surface area contributed by atoms with Gasteiger partial charge in [-0.15, -0.1) is 0 Å². The molecule has 1 aromatic rings. The van der Waals surface area contributed by atoms with E-state index in [2.05, 4.69) is 0 Å². The van der Waals surface area contributed by atoms with Crippen LogP contribution in [-0.4, -0.2) is 5.78 Å². The Morgan fingerprint density at radius 2 is 2.08 bits per heavy atom. The lowest BCUT2D eigenvalue weighted by atomic mass is 9.97. The Bertz CT molecular complexity index is 333. The molecule has 1 atom stereocenters. The standard InChI is InChI=1S/C11H11ClO/c12-10-6-2-1-4-8(10)9-5-3-7-11(9)13/h1-2,4,6,9H,3,5,7H2/t9-/m0/s1. The molecule has 0 amide bonds. The molecule has 2 heteroatoms. The minimum atomic E-state index is 0.0636. The second-order valence-electron chi connectivity index (χ2n) is 3.43. The van der Waals surface area contributed by atoms with Gasteiger partial charge in [0.05, 0.1) is 0 Å². The lowest BCUT2D eigenvalue weighted by Gasteiger charge is -2.09. The van der Waals surface area contributed by atoms with Gasteiger partial charge in [0.2, 0.25) is 0 Å². The maximum atomic E-state index is 11.5. The largest absolute Gasteiger partial charge is 0.299 e. The summed E-state index contributed by atoms with van der Waals surface area (Å²) in [5.74, 6) is 0.404. The summed E-state index contributed by atoms with van der Waals surface area (Å²) in [7, 11) is 0. The fourth-order valence-electron chi connectivity index (χ4n) is 1.90. The first kappa shape index (κ1) is 8.76. The van der Waals surface area contributed by atoms with Crippen molar-refractivity contribution in [2.45, 2.75) is 25.2 Å². The zero-order valence-electron chi connectivity index (χ0n) is 7.29. The Balaban J connectivity index is 2.34. The van der Waals surface area contributed by atoms with Gasteiger partial charge >= 0.3 is 0 Å². The second kappa shape index (κ2) is 3.51. The lowest BCUT2D eigenvalue weighted by Crippen LogP contribution is -2.04. The lowest BCUT2D eigenvalue weighted by molar-refractivity contribution is -0.118. The van der Waals surface area contributed by atoms with Crippen LogP contribution in [0.3, 0.4) is 0 Å². The number of carbonyl (C=O) groups excluding carboxylic acids is 1. The molecule has 1 saturated carbocycles. The molecule has 2 rings (SSSR count). The molecule has 1 aromatic carbocycles. The van der Waals surface area contributed by atoms with Crippen molar-refractivity contribution < 1.29 is 4.79 Å². The van der Waals surface area contributed by atoms with Crippen LogP contribution in [0.4, 0.5) is 0 Å². The van der Waals surface area contributed by atoms with Crippen LogP contribution in [0.25, 0.3) is 0 Å². The molecule has 0 saturated heterocycles. The van der Waals surface area contributed by atoms with E-state index in [1.807, 2.05) is 24.3 Å². The molecule has 1 fully saturated rings. The van der Waals surface area contributed by atoms with Crippen LogP contribution in [0, 0.1) is 0 Å². The summed E-state index contributed by atoms with van der Waals surface area (Å²) in [6, 6.07) is 7.64. The van der Waals surface area contributed by atoms with Gasteiger partial charge < -0.3 is 0 Å². The minimum Gasteiger partial charge on any atom is -0.299 e. The van der Waals surface area contributed by atoms with E-state index in [1.54, 1.807) is 0 Å². The number of benzene rings is 1.